The predicted molar refractivity (Wildman–Crippen MR) is 93.0 cm³/mol. The third-order valence-electron chi connectivity index (χ3n) is 3.46. The van der Waals surface area contributed by atoms with Gasteiger partial charge in [-0.1, -0.05) is 18.2 Å². The molecule has 0 bridgehead atoms. The Bertz CT molecular complexity index is 999. The number of hydrazine groups is 1. The number of halogens is 4. The zero-order chi connectivity index (χ0) is 21.9. The number of amides is 1. The fourth-order valence-electron chi connectivity index (χ4n) is 1.92. The van der Waals surface area contributed by atoms with E-state index in [0.29, 0.717) is 0 Å². The van der Waals surface area contributed by atoms with Crippen LogP contribution in [-0.4, -0.2) is 37.2 Å². The summed E-state index contributed by atoms with van der Waals surface area (Å²) in [6.45, 7) is 0. The topological polar surface area (TPSA) is 125 Å². The number of carboxylic acid groups (broad SMARTS) is 1. The number of aliphatic carboxylic acids is 1. The van der Waals surface area contributed by atoms with Crippen LogP contribution in [0.4, 0.5) is 28.9 Å². The van der Waals surface area contributed by atoms with Crippen molar-refractivity contribution in [1.29, 1.82) is 0 Å². The predicted octanol–water partition coefficient (Wildman–Crippen LogP) is 2.29. The number of nitrogens with one attached hydrogen (secondary N) is 3. The Labute approximate surface area is 161 Å². The molecule has 0 aliphatic heterocycles. The smallest absolute Gasteiger partial charge is 0.413 e. The van der Waals surface area contributed by atoms with Crippen molar-refractivity contribution in [2.75, 3.05) is 10.1 Å². The molecule has 13 heteroatoms. The molecule has 0 saturated heterocycles. The SMILES string of the molecule is O=C(O)C(F)(F)C(F)(F)C(=O)NNc1ccc(NS(=O)(=O)c2ccccc2)cc1. The highest BCUT2D eigenvalue weighted by molar-refractivity contribution is 7.92. The molecule has 0 fully saturated rings. The maximum Gasteiger partial charge on any atom is 0.413 e. The standard InChI is InChI=1S/C16H13F4N3O5S/c17-15(18,16(19,20)14(25)26)13(24)22-21-10-6-8-11(9-7-10)23-29(27,28)12-4-2-1-3-5-12/h1-9,21,23H,(H,22,24)(H,25,26). The summed E-state index contributed by atoms with van der Waals surface area (Å²) < 4.78 is 79.1. The molecule has 0 saturated carbocycles. The Hall–Kier alpha value is -3.35. The van der Waals surface area contributed by atoms with Crippen molar-refractivity contribution < 1.29 is 40.7 Å². The lowest BCUT2D eigenvalue weighted by molar-refractivity contribution is -0.222. The van der Waals surface area contributed by atoms with E-state index in [0.717, 1.165) is 12.1 Å². The largest absolute Gasteiger partial charge is 0.477 e. The number of hydrogen-bond acceptors (Lipinski definition) is 5. The van der Waals surface area contributed by atoms with Crippen LogP contribution in [0.3, 0.4) is 0 Å². The lowest BCUT2D eigenvalue weighted by Crippen LogP contribution is -2.57. The Morgan fingerprint density at radius 3 is 1.86 bits per heavy atom. The average Bonchev–Trinajstić information content (AvgIpc) is 2.67. The third-order valence-corrected chi connectivity index (χ3v) is 4.86. The summed E-state index contributed by atoms with van der Waals surface area (Å²) in [5.41, 5.74) is 3.19. The summed E-state index contributed by atoms with van der Waals surface area (Å²) >= 11 is 0. The molecule has 0 unspecified atom stereocenters. The van der Waals surface area contributed by atoms with Crippen LogP contribution in [0.1, 0.15) is 0 Å². The number of hydrogen-bond donors (Lipinski definition) is 4. The molecule has 156 valence electrons. The van der Waals surface area contributed by atoms with Crippen molar-refractivity contribution in [3.05, 3.63) is 54.6 Å². The monoisotopic (exact) mass is 435 g/mol. The van der Waals surface area contributed by atoms with Gasteiger partial charge in [0, 0.05) is 5.69 Å². The number of carboxylic acids is 1. The molecule has 8 nitrogen and oxygen atoms in total. The van der Waals surface area contributed by atoms with Gasteiger partial charge in [0.25, 0.3) is 10.0 Å². The second-order valence-corrected chi connectivity index (χ2v) is 7.21. The molecular formula is C16H13F4N3O5S. The summed E-state index contributed by atoms with van der Waals surface area (Å²) in [5, 5.41) is 8.13. The number of sulfonamides is 1. The van der Waals surface area contributed by atoms with E-state index in [2.05, 4.69) is 4.72 Å². The van der Waals surface area contributed by atoms with E-state index in [-0.39, 0.29) is 16.3 Å². The molecule has 2 aromatic carbocycles. The highest BCUT2D eigenvalue weighted by Crippen LogP contribution is 2.34. The molecule has 0 spiro atoms. The van der Waals surface area contributed by atoms with Gasteiger partial charge in [-0.05, 0) is 36.4 Å². The van der Waals surface area contributed by atoms with Crippen molar-refractivity contribution in [1.82, 2.24) is 5.43 Å². The molecule has 0 aromatic heterocycles. The minimum absolute atomic E-state index is 0.00365. The summed E-state index contributed by atoms with van der Waals surface area (Å²) in [7, 11) is -3.87. The highest BCUT2D eigenvalue weighted by atomic mass is 32.2. The van der Waals surface area contributed by atoms with Crippen LogP contribution in [0.25, 0.3) is 0 Å². The zero-order valence-corrected chi connectivity index (χ0v) is 15.0. The maximum absolute atomic E-state index is 13.3. The van der Waals surface area contributed by atoms with Crippen molar-refractivity contribution in [3.8, 4) is 0 Å². The molecule has 0 radical (unpaired) electrons. The minimum atomic E-state index is -5.61. The van der Waals surface area contributed by atoms with Crippen LogP contribution in [0.2, 0.25) is 0 Å². The number of rotatable bonds is 8. The molecule has 0 aliphatic rings. The minimum Gasteiger partial charge on any atom is -0.477 e. The van der Waals surface area contributed by atoms with Gasteiger partial charge in [-0.2, -0.15) is 17.6 Å². The molecule has 29 heavy (non-hydrogen) atoms. The van der Waals surface area contributed by atoms with Gasteiger partial charge in [0.1, 0.15) is 0 Å². The van der Waals surface area contributed by atoms with Gasteiger partial charge < -0.3 is 5.11 Å². The number of carbonyl (C=O) groups excluding carboxylic acids is 1. The summed E-state index contributed by atoms with van der Waals surface area (Å²) in [6.07, 6.45) is 0. The summed E-state index contributed by atoms with van der Waals surface area (Å²) in [4.78, 5) is 21.5. The van der Waals surface area contributed by atoms with Crippen molar-refractivity contribution in [2.24, 2.45) is 0 Å². The van der Waals surface area contributed by atoms with Crippen molar-refractivity contribution in [2.45, 2.75) is 16.7 Å². The molecular weight excluding hydrogens is 422 g/mol. The number of carbonyl (C=O) groups is 2. The second kappa shape index (κ2) is 7.95. The van der Waals surface area contributed by atoms with E-state index in [1.165, 1.54) is 41.8 Å². The van der Waals surface area contributed by atoms with E-state index in [4.69, 9.17) is 5.11 Å². The molecule has 2 aromatic rings. The molecule has 0 aliphatic carbocycles. The van der Waals surface area contributed by atoms with Gasteiger partial charge in [0.2, 0.25) is 0 Å². The fourth-order valence-corrected chi connectivity index (χ4v) is 3.00. The van der Waals surface area contributed by atoms with Gasteiger partial charge in [0.05, 0.1) is 10.6 Å². The van der Waals surface area contributed by atoms with Crippen molar-refractivity contribution in [3.63, 3.8) is 0 Å². The fraction of sp³-hybridized carbons (Fsp3) is 0.125. The van der Waals surface area contributed by atoms with Crippen LogP contribution >= 0.6 is 0 Å². The first-order chi connectivity index (χ1) is 13.4. The van der Waals surface area contributed by atoms with E-state index < -0.39 is 33.7 Å². The van der Waals surface area contributed by atoms with Gasteiger partial charge >= 0.3 is 23.7 Å². The molecule has 4 N–H and O–H groups in total. The highest BCUT2D eigenvalue weighted by Gasteiger charge is 2.67. The first kappa shape index (κ1) is 21.9. The number of anilines is 2. The average molecular weight is 435 g/mol. The normalized spacial score (nSPS) is 12.1. The Morgan fingerprint density at radius 1 is 0.828 bits per heavy atom. The molecule has 2 rings (SSSR count). The Balaban J connectivity index is 2.03. The lowest BCUT2D eigenvalue weighted by Gasteiger charge is -2.22. The first-order valence-electron chi connectivity index (χ1n) is 7.61. The van der Waals surface area contributed by atoms with E-state index >= 15 is 0 Å². The molecule has 0 heterocycles. The summed E-state index contributed by atoms with van der Waals surface area (Å²) in [6, 6.07) is 12.1. The number of alkyl halides is 4. The summed E-state index contributed by atoms with van der Waals surface area (Å²) in [5.74, 6) is -16.9. The van der Waals surface area contributed by atoms with Crippen LogP contribution in [-0.2, 0) is 19.6 Å². The van der Waals surface area contributed by atoms with E-state index in [1.54, 1.807) is 6.07 Å². The second-order valence-electron chi connectivity index (χ2n) is 5.53. The number of benzene rings is 2. The zero-order valence-electron chi connectivity index (χ0n) is 14.2. The van der Waals surface area contributed by atoms with Crippen LogP contribution < -0.4 is 15.6 Å². The first-order valence-corrected chi connectivity index (χ1v) is 9.09. The van der Waals surface area contributed by atoms with Gasteiger partial charge in [-0.15, -0.1) is 0 Å². The Morgan fingerprint density at radius 2 is 1.34 bits per heavy atom. The van der Waals surface area contributed by atoms with Crippen LogP contribution in [0.15, 0.2) is 59.5 Å². The van der Waals surface area contributed by atoms with Gasteiger partial charge in [0.15, 0.2) is 0 Å². The van der Waals surface area contributed by atoms with Crippen LogP contribution in [0, 0.1) is 0 Å². The van der Waals surface area contributed by atoms with Crippen molar-refractivity contribution >= 4 is 33.3 Å². The quantitative estimate of drug-likeness (QED) is 0.373. The van der Waals surface area contributed by atoms with E-state index in [1.807, 2.05) is 5.43 Å². The van der Waals surface area contributed by atoms with Gasteiger partial charge in [-0.25, -0.2) is 13.2 Å². The van der Waals surface area contributed by atoms with Gasteiger partial charge in [-0.3, -0.25) is 20.4 Å². The molecule has 1 amide bonds. The molecule has 0 atom stereocenters. The van der Waals surface area contributed by atoms with Crippen LogP contribution in [0.5, 0.6) is 0 Å². The lowest BCUT2D eigenvalue weighted by atomic mass is 10.1. The maximum atomic E-state index is 13.3. The van der Waals surface area contributed by atoms with E-state index in [9.17, 15) is 35.6 Å². The third kappa shape index (κ3) is 4.74. The Kier molecular flexibility index (Phi) is 6.01.